The van der Waals surface area contributed by atoms with Crippen LogP contribution in [0.4, 0.5) is 0 Å². The fourth-order valence-corrected chi connectivity index (χ4v) is 2.72. The van der Waals surface area contributed by atoms with E-state index < -0.39 is 0 Å². The zero-order valence-corrected chi connectivity index (χ0v) is 14.8. The Bertz CT molecular complexity index is 778. The molecule has 0 fully saturated rings. The number of rotatable bonds is 7. The van der Waals surface area contributed by atoms with Crippen molar-refractivity contribution < 1.29 is 9.53 Å². The first-order chi connectivity index (χ1) is 12.8. The van der Waals surface area contributed by atoms with Gasteiger partial charge in [0.2, 0.25) is 0 Å². The largest absolute Gasteiger partial charge is 0.484 e. The van der Waals surface area contributed by atoms with Gasteiger partial charge in [-0.05, 0) is 41.3 Å². The summed E-state index contributed by atoms with van der Waals surface area (Å²) in [5.74, 6) is 0.511. The lowest BCUT2D eigenvalue weighted by atomic mass is 10.0. The molecule has 3 rings (SSSR count). The smallest absolute Gasteiger partial charge is 0.258 e. The van der Waals surface area contributed by atoms with Gasteiger partial charge in [-0.1, -0.05) is 55.5 Å². The Labute approximate surface area is 153 Å². The van der Waals surface area contributed by atoms with Crippen LogP contribution in [-0.2, 0) is 11.2 Å². The minimum Gasteiger partial charge on any atom is -0.484 e. The zero-order valence-electron chi connectivity index (χ0n) is 14.8. The maximum absolute atomic E-state index is 12.4. The summed E-state index contributed by atoms with van der Waals surface area (Å²) in [6, 6.07) is 21.2. The van der Waals surface area contributed by atoms with E-state index in [2.05, 4.69) is 17.2 Å². The summed E-state index contributed by atoms with van der Waals surface area (Å²) in [5.41, 5.74) is 3.17. The first kappa shape index (κ1) is 17.7. The lowest BCUT2D eigenvalue weighted by Gasteiger charge is -2.19. The molecular formula is C22H22N2O2. The third-order valence-corrected chi connectivity index (χ3v) is 4.16. The number of nitrogens with zero attached hydrogens (tertiary/aromatic N) is 1. The molecule has 0 saturated carbocycles. The van der Waals surface area contributed by atoms with E-state index in [0.717, 1.165) is 17.5 Å². The number of aryl methyl sites for hydroxylation is 1. The van der Waals surface area contributed by atoms with Crippen molar-refractivity contribution in [3.05, 3.63) is 95.8 Å². The van der Waals surface area contributed by atoms with Gasteiger partial charge >= 0.3 is 0 Å². The van der Waals surface area contributed by atoms with Gasteiger partial charge in [0.05, 0.1) is 6.04 Å². The van der Waals surface area contributed by atoms with Crippen LogP contribution in [0, 0.1) is 0 Å². The standard InChI is InChI=1S/C22H22N2O2/c1-2-17-10-12-20(13-11-17)26-16-21(25)24-22(18-7-4-3-5-8-18)19-9-6-14-23-15-19/h3-15,22H,2,16H2,1H3,(H,24,25)/t22-/m0/s1. The van der Waals surface area contributed by atoms with Crippen LogP contribution in [0.3, 0.4) is 0 Å². The van der Waals surface area contributed by atoms with E-state index in [0.29, 0.717) is 5.75 Å². The van der Waals surface area contributed by atoms with E-state index in [1.165, 1.54) is 5.56 Å². The summed E-state index contributed by atoms with van der Waals surface area (Å²) < 4.78 is 5.61. The number of aromatic nitrogens is 1. The van der Waals surface area contributed by atoms with Crippen molar-refractivity contribution in [1.29, 1.82) is 0 Å². The highest BCUT2D eigenvalue weighted by molar-refractivity contribution is 5.78. The summed E-state index contributed by atoms with van der Waals surface area (Å²) in [6.45, 7) is 2.07. The van der Waals surface area contributed by atoms with Crippen molar-refractivity contribution >= 4 is 5.91 Å². The third-order valence-electron chi connectivity index (χ3n) is 4.16. The maximum Gasteiger partial charge on any atom is 0.258 e. The molecule has 0 aliphatic rings. The molecular weight excluding hydrogens is 324 g/mol. The lowest BCUT2D eigenvalue weighted by Crippen LogP contribution is -2.33. The highest BCUT2D eigenvalue weighted by Gasteiger charge is 2.17. The Hall–Kier alpha value is -3.14. The lowest BCUT2D eigenvalue weighted by molar-refractivity contribution is -0.123. The Morgan fingerprint density at radius 1 is 1.00 bits per heavy atom. The van der Waals surface area contributed by atoms with E-state index in [9.17, 15) is 4.79 Å². The van der Waals surface area contributed by atoms with Gasteiger partial charge in [-0.2, -0.15) is 0 Å². The zero-order chi connectivity index (χ0) is 18.2. The maximum atomic E-state index is 12.4. The van der Waals surface area contributed by atoms with Crippen molar-refractivity contribution in [3.63, 3.8) is 0 Å². The van der Waals surface area contributed by atoms with Crippen molar-refractivity contribution in [2.45, 2.75) is 19.4 Å². The molecule has 0 aliphatic heterocycles. The summed E-state index contributed by atoms with van der Waals surface area (Å²) in [6.07, 6.45) is 4.46. The minimum absolute atomic E-state index is 0.0327. The third kappa shape index (κ3) is 4.70. The molecule has 4 nitrogen and oxygen atoms in total. The fourth-order valence-electron chi connectivity index (χ4n) is 2.72. The van der Waals surface area contributed by atoms with Crippen LogP contribution in [0.1, 0.15) is 29.7 Å². The highest BCUT2D eigenvalue weighted by atomic mass is 16.5. The van der Waals surface area contributed by atoms with Crippen LogP contribution < -0.4 is 10.1 Å². The topological polar surface area (TPSA) is 51.2 Å². The second-order valence-corrected chi connectivity index (χ2v) is 5.98. The van der Waals surface area contributed by atoms with Gasteiger partial charge in [0.15, 0.2) is 6.61 Å². The molecule has 1 aromatic heterocycles. The molecule has 0 radical (unpaired) electrons. The molecule has 0 bridgehead atoms. The molecule has 0 unspecified atom stereocenters. The molecule has 2 aromatic carbocycles. The van der Waals surface area contributed by atoms with Crippen LogP contribution in [0.15, 0.2) is 79.1 Å². The molecule has 0 saturated heterocycles. The van der Waals surface area contributed by atoms with Gasteiger partial charge in [0, 0.05) is 12.4 Å². The number of nitrogens with one attached hydrogen (secondary N) is 1. The van der Waals surface area contributed by atoms with Gasteiger partial charge in [-0.3, -0.25) is 9.78 Å². The minimum atomic E-state index is -0.261. The first-order valence-corrected chi connectivity index (χ1v) is 8.72. The number of benzene rings is 2. The van der Waals surface area contributed by atoms with Crippen molar-refractivity contribution in [1.82, 2.24) is 10.3 Å². The van der Waals surface area contributed by atoms with Crippen LogP contribution in [0.2, 0.25) is 0 Å². The van der Waals surface area contributed by atoms with Crippen LogP contribution >= 0.6 is 0 Å². The summed E-state index contributed by atoms with van der Waals surface area (Å²) in [5, 5.41) is 3.04. The molecule has 4 heteroatoms. The Balaban J connectivity index is 1.67. The van der Waals surface area contributed by atoms with Crippen LogP contribution in [0.5, 0.6) is 5.75 Å². The fraction of sp³-hybridized carbons (Fsp3) is 0.182. The first-order valence-electron chi connectivity index (χ1n) is 8.72. The SMILES string of the molecule is CCc1ccc(OCC(=O)N[C@@H](c2ccccc2)c2cccnc2)cc1. The Kier molecular flexibility index (Phi) is 5.99. The molecule has 132 valence electrons. The van der Waals surface area contributed by atoms with Gasteiger partial charge < -0.3 is 10.1 Å². The molecule has 0 spiro atoms. The van der Waals surface area contributed by atoms with E-state index in [4.69, 9.17) is 4.74 Å². The molecule has 26 heavy (non-hydrogen) atoms. The average molecular weight is 346 g/mol. The molecule has 3 aromatic rings. The van der Waals surface area contributed by atoms with E-state index in [-0.39, 0.29) is 18.6 Å². The summed E-state index contributed by atoms with van der Waals surface area (Å²) in [4.78, 5) is 16.6. The van der Waals surface area contributed by atoms with Crippen molar-refractivity contribution in [3.8, 4) is 5.75 Å². The molecule has 1 atom stereocenters. The van der Waals surface area contributed by atoms with E-state index in [1.807, 2.05) is 66.7 Å². The van der Waals surface area contributed by atoms with Gasteiger partial charge in [0.1, 0.15) is 5.75 Å². The van der Waals surface area contributed by atoms with Crippen molar-refractivity contribution in [2.24, 2.45) is 0 Å². The molecule has 1 N–H and O–H groups in total. The van der Waals surface area contributed by atoms with Gasteiger partial charge in [-0.25, -0.2) is 0 Å². The quantitative estimate of drug-likeness (QED) is 0.705. The second kappa shape index (κ2) is 8.81. The van der Waals surface area contributed by atoms with E-state index in [1.54, 1.807) is 12.4 Å². The number of amides is 1. The highest BCUT2D eigenvalue weighted by Crippen LogP contribution is 2.21. The molecule has 1 amide bonds. The average Bonchev–Trinajstić information content (AvgIpc) is 2.72. The van der Waals surface area contributed by atoms with Gasteiger partial charge in [0.25, 0.3) is 5.91 Å². The number of ether oxygens (including phenoxy) is 1. The number of hydrogen-bond acceptors (Lipinski definition) is 3. The Morgan fingerprint density at radius 2 is 1.73 bits per heavy atom. The normalized spacial score (nSPS) is 11.6. The monoisotopic (exact) mass is 346 g/mol. The Morgan fingerprint density at radius 3 is 2.38 bits per heavy atom. The summed E-state index contributed by atoms with van der Waals surface area (Å²) >= 11 is 0. The predicted octanol–water partition coefficient (Wildman–Crippen LogP) is 3.93. The number of carbonyl (C=O) groups excluding carboxylic acids is 1. The number of carbonyl (C=O) groups is 1. The second-order valence-electron chi connectivity index (χ2n) is 5.98. The van der Waals surface area contributed by atoms with Gasteiger partial charge in [-0.15, -0.1) is 0 Å². The number of hydrogen-bond donors (Lipinski definition) is 1. The molecule has 0 aliphatic carbocycles. The van der Waals surface area contributed by atoms with Crippen LogP contribution in [-0.4, -0.2) is 17.5 Å². The molecule has 1 heterocycles. The predicted molar refractivity (Wildman–Crippen MR) is 102 cm³/mol. The summed E-state index contributed by atoms with van der Waals surface area (Å²) in [7, 11) is 0. The van der Waals surface area contributed by atoms with Crippen LogP contribution in [0.25, 0.3) is 0 Å². The van der Waals surface area contributed by atoms with Crippen molar-refractivity contribution in [2.75, 3.05) is 6.61 Å². The number of pyridine rings is 1. The van der Waals surface area contributed by atoms with E-state index >= 15 is 0 Å².